The summed E-state index contributed by atoms with van der Waals surface area (Å²) in [5.41, 5.74) is 0.140. The highest BCUT2D eigenvalue weighted by Gasteiger charge is 2.63. The van der Waals surface area contributed by atoms with Gasteiger partial charge in [-0.3, -0.25) is 0 Å². The number of halogens is 6. The smallest absolute Gasteiger partial charge is 0.414 e. The van der Waals surface area contributed by atoms with E-state index >= 15 is 0 Å². The Labute approximate surface area is 148 Å². The molecule has 0 saturated heterocycles. The molecule has 5 radical (unpaired) electrons. The average molecular weight is 392 g/mol. The molecule has 1 atom stereocenters. The number of nitrogens with zero attached hydrogens (tertiary/aromatic N) is 1. The fourth-order valence-corrected chi connectivity index (χ4v) is 4.24. The van der Waals surface area contributed by atoms with E-state index in [9.17, 15) is 26.3 Å². The Bertz CT molecular complexity index is 631. The van der Waals surface area contributed by atoms with Crippen molar-refractivity contribution < 1.29 is 31.1 Å². The minimum atomic E-state index is -5.39. The largest absolute Gasteiger partial charge is 0.478 e. The van der Waals surface area contributed by atoms with E-state index in [1.54, 1.807) is 0 Å². The van der Waals surface area contributed by atoms with Crippen molar-refractivity contribution in [3.8, 4) is 0 Å². The first-order valence-electron chi connectivity index (χ1n) is 7.60. The molecule has 139 valence electrons. The fraction of sp³-hybridized carbons (Fsp3) is 0.294. The quantitative estimate of drug-likeness (QED) is 0.505. The highest BCUT2D eigenvalue weighted by Crippen LogP contribution is 2.74. The van der Waals surface area contributed by atoms with Crippen molar-refractivity contribution in [2.45, 2.75) is 24.3 Å². The maximum absolute atomic E-state index is 13.0. The summed E-state index contributed by atoms with van der Waals surface area (Å²) in [6.07, 6.45) is 3.69. The molecule has 2 nitrogen and oxygen atoms in total. The second-order valence-electron chi connectivity index (χ2n) is 5.68. The second-order valence-corrected chi connectivity index (χ2v) is 7.85. The number of hydrogen-bond acceptors (Lipinski definition) is 2. The zero-order valence-corrected chi connectivity index (χ0v) is 14.1. The van der Waals surface area contributed by atoms with Crippen LogP contribution in [0.2, 0.25) is 0 Å². The maximum Gasteiger partial charge on any atom is 0.414 e. The summed E-state index contributed by atoms with van der Waals surface area (Å²) in [6, 6.07) is 8.91. The van der Waals surface area contributed by atoms with Gasteiger partial charge in [-0.25, -0.2) is 4.99 Å². The van der Waals surface area contributed by atoms with Gasteiger partial charge < -0.3 is 4.74 Å². The van der Waals surface area contributed by atoms with Crippen molar-refractivity contribution in [1.29, 1.82) is 0 Å². The predicted octanol–water partition coefficient (Wildman–Crippen LogP) is 5.28. The molecule has 0 spiro atoms. The topological polar surface area (TPSA) is 21.6 Å². The Morgan fingerprint density at radius 2 is 1.65 bits per heavy atom. The summed E-state index contributed by atoms with van der Waals surface area (Å²) in [5, 5.41) is 0. The fourth-order valence-electron chi connectivity index (χ4n) is 2.76. The van der Waals surface area contributed by atoms with Gasteiger partial charge in [-0.15, -0.1) is 0 Å². The Hall–Kier alpha value is -1.30. The van der Waals surface area contributed by atoms with E-state index in [1.165, 1.54) is 6.42 Å². The number of benzene rings is 1. The summed E-state index contributed by atoms with van der Waals surface area (Å²) in [4.78, 5) is 4.20. The molecule has 0 unspecified atom stereocenters. The van der Waals surface area contributed by atoms with Crippen LogP contribution in [0.1, 0.15) is 5.56 Å². The highest BCUT2D eigenvalue weighted by molar-refractivity contribution is 7.63. The molecule has 9 heteroatoms. The van der Waals surface area contributed by atoms with E-state index < -0.39 is 25.4 Å². The van der Waals surface area contributed by atoms with Crippen LogP contribution in [0.4, 0.5) is 26.3 Å². The second kappa shape index (κ2) is 7.37. The van der Waals surface area contributed by atoms with E-state index in [4.69, 9.17) is 4.74 Å². The summed E-state index contributed by atoms with van der Waals surface area (Å²) in [6.45, 7) is 0.116. The number of aliphatic imine (C=N–C) groups is 1. The lowest BCUT2D eigenvalue weighted by Gasteiger charge is -2.30. The van der Waals surface area contributed by atoms with Crippen LogP contribution in [0.25, 0.3) is 0 Å². The van der Waals surface area contributed by atoms with Gasteiger partial charge in [0.1, 0.15) is 14.5 Å². The molecule has 0 N–H and O–H groups in total. The zero-order valence-electron chi connectivity index (χ0n) is 13.2. The Balaban J connectivity index is 1.76. The molecular formula is C17H13F6NOP. The normalized spacial score (nSPS) is 22.7. The third kappa shape index (κ3) is 4.33. The van der Waals surface area contributed by atoms with Crippen LogP contribution < -0.4 is 0 Å². The van der Waals surface area contributed by atoms with Crippen LogP contribution in [0.15, 0.2) is 35.3 Å². The molecule has 1 aromatic rings. The first-order chi connectivity index (χ1) is 12.2. The van der Waals surface area contributed by atoms with Crippen LogP contribution >= 0.6 is 7.92 Å². The van der Waals surface area contributed by atoms with Gasteiger partial charge in [0.05, 0.1) is 12.0 Å². The molecule has 2 aliphatic rings. The van der Waals surface area contributed by atoms with Gasteiger partial charge in [-0.2, -0.15) is 26.3 Å². The van der Waals surface area contributed by atoms with Crippen LogP contribution in [0, 0.1) is 30.8 Å². The Morgan fingerprint density at radius 1 is 1.00 bits per heavy atom. The average Bonchev–Trinajstić information content (AvgIpc) is 3.14. The van der Waals surface area contributed by atoms with Gasteiger partial charge in [0.15, 0.2) is 5.90 Å². The lowest BCUT2D eigenvalue weighted by Crippen LogP contribution is -2.26. The summed E-state index contributed by atoms with van der Waals surface area (Å²) in [5.74, 6) is -11.2. The van der Waals surface area contributed by atoms with E-state index in [1.807, 2.05) is 30.3 Å². The lowest BCUT2D eigenvalue weighted by atomic mass is 10.1. The van der Waals surface area contributed by atoms with Crippen molar-refractivity contribution >= 4 is 13.8 Å². The molecule has 1 aliphatic heterocycles. The molecule has 1 aromatic carbocycles. The maximum atomic E-state index is 13.0. The summed E-state index contributed by atoms with van der Waals surface area (Å²) in [7, 11) is -4.36. The molecule has 0 aromatic heterocycles. The van der Waals surface area contributed by atoms with Gasteiger partial charge in [-0.05, 0) is 31.2 Å². The molecule has 0 amide bonds. The van der Waals surface area contributed by atoms with Crippen LogP contribution in [-0.2, 0) is 11.2 Å². The number of rotatable bonds is 4. The molecular weight excluding hydrogens is 379 g/mol. The molecule has 26 heavy (non-hydrogen) atoms. The van der Waals surface area contributed by atoms with E-state index in [0.717, 1.165) is 18.4 Å². The van der Waals surface area contributed by atoms with Crippen molar-refractivity contribution in [3.05, 3.63) is 66.7 Å². The van der Waals surface area contributed by atoms with Gasteiger partial charge in [0.2, 0.25) is 0 Å². The molecule has 1 saturated carbocycles. The summed E-state index contributed by atoms with van der Waals surface area (Å²) >= 11 is 0. The van der Waals surface area contributed by atoms with Gasteiger partial charge in [0.25, 0.3) is 0 Å². The van der Waals surface area contributed by atoms with Crippen LogP contribution in [-0.4, -0.2) is 30.4 Å². The van der Waals surface area contributed by atoms with Crippen LogP contribution in [0.3, 0.4) is 0 Å². The predicted molar refractivity (Wildman–Crippen MR) is 85.7 cm³/mol. The van der Waals surface area contributed by atoms with E-state index in [-0.39, 0.29) is 24.5 Å². The molecule has 3 rings (SSSR count). The third-order valence-corrected chi connectivity index (χ3v) is 5.68. The van der Waals surface area contributed by atoms with Crippen molar-refractivity contribution in [1.82, 2.24) is 0 Å². The van der Waals surface area contributed by atoms with E-state index in [2.05, 4.69) is 4.99 Å². The minimum absolute atomic E-state index is 0.116. The number of hydrogen-bond donors (Lipinski definition) is 0. The lowest BCUT2D eigenvalue weighted by molar-refractivity contribution is -0.0826. The van der Waals surface area contributed by atoms with Crippen molar-refractivity contribution in [2.24, 2.45) is 4.99 Å². The third-order valence-electron chi connectivity index (χ3n) is 3.80. The standard InChI is InChI=1S/C17H13F6NOP/c18-16(19,20)26(17(21,22)23)14-8-4-7-13(14)15-24-12(10-25-15)9-11-5-2-1-3-6-11/h1-8,12H,9-10H2/t12-/m0/s1. The molecule has 1 aliphatic carbocycles. The van der Waals surface area contributed by atoms with Crippen molar-refractivity contribution in [2.75, 3.05) is 6.61 Å². The van der Waals surface area contributed by atoms with Crippen LogP contribution in [0.5, 0.6) is 0 Å². The SMILES string of the molecule is FC(F)(F)P([C]1[CH][CH][CH][C]1C1=N[C@@H](Cc2ccccc2)CO1)C(F)(F)F. The Morgan fingerprint density at radius 3 is 2.27 bits per heavy atom. The molecule has 0 bridgehead atoms. The first kappa shape index (κ1) is 19.5. The monoisotopic (exact) mass is 392 g/mol. The zero-order chi connectivity index (χ0) is 18.9. The number of ether oxygens (including phenoxy) is 1. The van der Waals surface area contributed by atoms with Crippen molar-refractivity contribution in [3.63, 3.8) is 0 Å². The Kier molecular flexibility index (Phi) is 5.52. The van der Waals surface area contributed by atoms with Gasteiger partial charge in [0, 0.05) is 5.66 Å². The minimum Gasteiger partial charge on any atom is -0.478 e. The highest BCUT2D eigenvalue weighted by atomic mass is 31.1. The van der Waals surface area contributed by atoms with E-state index in [0.29, 0.717) is 6.42 Å². The molecule has 1 heterocycles. The summed E-state index contributed by atoms with van der Waals surface area (Å²) < 4.78 is 83.6. The van der Waals surface area contributed by atoms with Gasteiger partial charge in [-0.1, -0.05) is 30.3 Å². The first-order valence-corrected chi connectivity index (χ1v) is 8.95. The van der Waals surface area contributed by atoms with Gasteiger partial charge >= 0.3 is 11.8 Å². The molecule has 1 fully saturated rings. The number of alkyl halides is 6.